The van der Waals surface area contributed by atoms with Crippen molar-refractivity contribution in [2.24, 2.45) is 17.6 Å². The maximum Gasteiger partial charge on any atom is 0.239 e. The van der Waals surface area contributed by atoms with Crippen molar-refractivity contribution in [3.8, 4) is 0 Å². The highest BCUT2D eigenvalue weighted by Gasteiger charge is 2.28. The number of carbonyl (C=O) groups is 1. The van der Waals surface area contributed by atoms with Crippen LogP contribution in [0.2, 0.25) is 0 Å². The van der Waals surface area contributed by atoms with Crippen molar-refractivity contribution < 1.29 is 4.79 Å². The topological polar surface area (TPSA) is 46.3 Å². The van der Waals surface area contributed by atoms with Crippen LogP contribution in [0.4, 0.5) is 0 Å². The summed E-state index contributed by atoms with van der Waals surface area (Å²) in [5.74, 6) is 1.41. The Kier molecular flexibility index (Phi) is 5.18. The van der Waals surface area contributed by atoms with Crippen LogP contribution >= 0.6 is 0 Å². The van der Waals surface area contributed by atoms with Crippen molar-refractivity contribution in [1.29, 1.82) is 0 Å². The standard InChI is InChI=1S/C17H26N2O/c1-13-10-11-19(12-14(13)2)17(20)16(18)9-8-15-6-4-3-5-7-15/h3-7,13-14,16H,8-12,18H2,1-2H3/t13?,14?,16-/m0/s1. The summed E-state index contributed by atoms with van der Waals surface area (Å²) in [5.41, 5.74) is 7.33. The largest absolute Gasteiger partial charge is 0.341 e. The first-order chi connectivity index (χ1) is 9.58. The average molecular weight is 274 g/mol. The van der Waals surface area contributed by atoms with E-state index in [0.717, 1.165) is 32.4 Å². The van der Waals surface area contributed by atoms with Crippen LogP contribution in [0.3, 0.4) is 0 Å². The molecule has 0 aromatic heterocycles. The molecule has 2 N–H and O–H groups in total. The van der Waals surface area contributed by atoms with Gasteiger partial charge in [0.05, 0.1) is 6.04 Å². The Morgan fingerprint density at radius 2 is 2.00 bits per heavy atom. The third-order valence-electron chi connectivity index (χ3n) is 4.55. The van der Waals surface area contributed by atoms with Gasteiger partial charge in [-0.1, -0.05) is 44.2 Å². The Balaban J connectivity index is 1.83. The van der Waals surface area contributed by atoms with Gasteiger partial charge in [0.2, 0.25) is 5.91 Å². The summed E-state index contributed by atoms with van der Waals surface area (Å²) < 4.78 is 0. The number of carbonyl (C=O) groups excluding carboxylic acids is 1. The molecule has 1 aliphatic rings. The second-order valence-corrected chi connectivity index (χ2v) is 6.16. The lowest BCUT2D eigenvalue weighted by molar-refractivity contribution is -0.135. The van der Waals surface area contributed by atoms with Crippen molar-refractivity contribution >= 4 is 5.91 Å². The Morgan fingerprint density at radius 1 is 1.30 bits per heavy atom. The number of rotatable bonds is 4. The van der Waals surface area contributed by atoms with E-state index in [4.69, 9.17) is 5.73 Å². The number of hydrogen-bond donors (Lipinski definition) is 1. The van der Waals surface area contributed by atoms with Crippen LogP contribution in [0.5, 0.6) is 0 Å². The summed E-state index contributed by atoms with van der Waals surface area (Å²) in [6.07, 6.45) is 2.69. The van der Waals surface area contributed by atoms with E-state index in [9.17, 15) is 4.79 Å². The molecule has 1 heterocycles. The van der Waals surface area contributed by atoms with Crippen molar-refractivity contribution in [3.05, 3.63) is 35.9 Å². The highest BCUT2D eigenvalue weighted by molar-refractivity contribution is 5.81. The maximum atomic E-state index is 12.4. The van der Waals surface area contributed by atoms with Gasteiger partial charge in [0.1, 0.15) is 0 Å². The molecule has 110 valence electrons. The molecule has 1 aromatic carbocycles. The summed E-state index contributed by atoms with van der Waals surface area (Å²) in [7, 11) is 0. The lowest BCUT2D eigenvalue weighted by Gasteiger charge is -2.36. The predicted molar refractivity (Wildman–Crippen MR) is 82.3 cm³/mol. The number of piperidine rings is 1. The first-order valence-electron chi connectivity index (χ1n) is 7.66. The van der Waals surface area contributed by atoms with Crippen molar-refractivity contribution in [2.75, 3.05) is 13.1 Å². The number of nitrogens with two attached hydrogens (primary N) is 1. The molecule has 0 radical (unpaired) electrons. The van der Waals surface area contributed by atoms with E-state index in [1.165, 1.54) is 5.56 Å². The van der Waals surface area contributed by atoms with E-state index in [0.29, 0.717) is 11.8 Å². The Bertz CT molecular complexity index is 432. The van der Waals surface area contributed by atoms with Crippen molar-refractivity contribution in [3.63, 3.8) is 0 Å². The second kappa shape index (κ2) is 6.89. The van der Waals surface area contributed by atoms with Gasteiger partial charge in [-0.2, -0.15) is 0 Å². The number of aryl methyl sites for hydroxylation is 1. The first kappa shape index (κ1) is 15.0. The van der Waals surface area contributed by atoms with Gasteiger partial charge in [-0.15, -0.1) is 0 Å². The molecule has 2 rings (SSSR count). The molecule has 1 fully saturated rings. The number of nitrogens with zero attached hydrogens (tertiary/aromatic N) is 1. The van der Waals surface area contributed by atoms with Crippen LogP contribution in [0.1, 0.15) is 32.3 Å². The molecule has 0 aliphatic carbocycles. The van der Waals surface area contributed by atoms with Gasteiger partial charge in [-0.05, 0) is 36.7 Å². The fourth-order valence-corrected chi connectivity index (χ4v) is 2.79. The molecule has 1 aliphatic heterocycles. The minimum atomic E-state index is -0.365. The Labute approximate surface area is 122 Å². The summed E-state index contributed by atoms with van der Waals surface area (Å²) in [6, 6.07) is 9.86. The van der Waals surface area contributed by atoms with Gasteiger partial charge in [-0.25, -0.2) is 0 Å². The molecule has 0 saturated carbocycles. The van der Waals surface area contributed by atoms with Gasteiger partial charge < -0.3 is 10.6 Å². The van der Waals surface area contributed by atoms with E-state index in [2.05, 4.69) is 26.0 Å². The highest BCUT2D eigenvalue weighted by Crippen LogP contribution is 2.23. The first-order valence-corrected chi connectivity index (χ1v) is 7.66. The van der Waals surface area contributed by atoms with E-state index >= 15 is 0 Å². The quantitative estimate of drug-likeness (QED) is 0.916. The molecule has 3 nitrogen and oxygen atoms in total. The van der Waals surface area contributed by atoms with Crippen LogP contribution < -0.4 is 5.73 Å². The van der Waals surface area contributed by atoms with Crippen LogP contribution in [-0.2, 0) is 11.2 Å². The fraction of sp³-hybridized carbons (Fsp3) is 0.588. The van der Waals surface area contributed by atoms with Crippen LogP contribution in [0.25, 0.3) is 0 Å². The number of benzene rings is 1. The molecule has 0 bridgehead atoms. The third kappa shape index (κ3) is 3.83. The van der Waals surface area contributed by atoms with E-state index in [1.54, 1.807) is 0 Å². The second-order valence-electron chi connectivity index (χ2n) is 6.16. The zero-order chi connectivity index (χ0) is 14.5. The van der Waals surface area contributed by atoms with Gasteiger partial charge in [0, 0.05) is 13.1 Å². The number of amides is 1. The lowest BCUT2D eigenvalue weighted by Crippen LogP contribution is -2.49. The van der Waals surface area contributed by atoms with Crippen LogP contribution in [0, 0.1) is 11.8 Å². The van der Waals surface area contributed by atoms with Crippen LogP contribution in [0.15, 0.2) is 30.3 Å². The predicted octanol–water partition coefficient (Wildman–Crippen LogP) is 2.45. The lowest BCUT2D eigenvalue weighted by atomic mass is 9.88. The summed E-state index contributed by atoms with van der Waals surface area (Å²) in [6.45, 7) is 6.21. The number of likely N-dealkylation sites (tertiary alicyclic amines) is 1. The SMILES string of the molecule is CC1CCN(C(=O)[C@@H](N)CCc2ccccc2)CC1C. The summed E-state index contributed by atoms with van der Waals surface area (Å²) in [4.78, 5) is 14.3. The molecule has 3 atom stereocenters. The average Bonchev–Trinajstić information content (AvgIpc) is 2.48. The highest BCUT2D eigenvalue weighted by atomic mass is 16.2. The van der Waals surface area contributed by atoms with Crippen LogP contribution in [-0.4, -0.2) is 29.9 Å². The molecule has 1 aromatic rings. The molecular weight excluding hydrogens is 248 g/mol. The zero-order valence-corrected chi connectivity index (χ0v) is 12.6. The van der Waals surface area contributed by atoms with Gasteiger partial charge in [0.15, 0.2) is 0 Å². The van der Waals surface area contributed by atoms with E-state index in [1.807, 2.05) is 23.1 Å². The van der Waals surface area contributed by atoms with Crippen molar-refractivity contribution in [2.45, 2.75) is 39.2 Å². The molecular formula is C17H26N2O. The monoisotopic (exact) mass is 274 g/mol. The normalized spacial score (nSPS) is 24.4. The number of hydrogen-bond acceptors (Lipinski definition) is 2. The van der Waals surface area contributed by atoms with Gasteiger partial charge >= 0.3 is 0 Å². The van der Waals surface area contributed by atoms with E-state index < -0.39 is 0 Å². The molecule has 3 heteroatoms. The Morgan fingerprint density at radius 3 is 2.65 bits per heavy atom. The minimum absolute atomic E-state index is 0.125. The van der Waals surface area contributed by atoms with Crippen molar-refractivity contribution in [1.82, 2.24) is 4.90 Å². The minimum Gasteiger partial charge on any atom is -0.341 e. The zero-order valence-electron chi connectivity index (χ0n) is 12.6. The smallest absolute Gasteiger partial charge is 0.239 e. The maximum absolute atomic E-state index is 12.4. The molecule has 1 saturated heterocycles. The summed E-state index contributed by atoms with van der Waals surface area (Å²) in [5, 5.41) is 0. The van der Waals surface area contributed by atoms with Gasteiger partial charge in [0.25, 0.3) is 0 Å². The van der Waals surface area contributed by atoms with E-state index in [-0.39, 0.29) is 11.9 Å². The molecule has 1 amide bonds. The third-order valence-corrected chi connectivity index (χ3v) is 4.55. The molecule has 2 unspecified atom stereocenters. The summed E-state index contributed by atoms with van der Waals surface area (Å²) >= 11 is 0. The fourth-order valence-electron chi connectivity index (χ4n) is 2.79. The molecule has 0 spiro atoms. The Hall–Kier alpha value is -1.35. The molecule has 20 heavy (non-hydrogen) atoms. The van der Waals surface area contributed by atoms with Gasteiger partial charge in [-0.3, -0.25) is 4.79 Å².